The second kappa shape index (κ2) is 7.56. The van der Waals surface area contributed by atoms with Crippen molar-refractivity contribution in [2.45, 2.75) is 44.2 Å². The van der Waals surface area contributed by atoms with E-state index in [9.17, 15) is 4.79 Å². The van der Waals surface area contributed by atoms with Crippen LogP contribution >= 0.6 is 11.8 Å². The number of carbonyl (C=O) groups is 1. The molecule has 0 saturated heterocycles. The fourth-order valence-corrected chi connectivity index (χ4v) is 2.38. The van der Waals surface area contributed by atoms with Crippen LogP contribution in [0, 0.1) is 0 Å². The predicted molar refractivity (Wildman–Crippen MR) is 82.4 cm³/mol. The van der Waals surface area contributed by atoms with Gasteiger partial charge in [-0.2, -0.15) is 0 Å². The molecule has 2 N–H and O–H groups in total. The average Bonchev–Trinajstić information content (AvgIpc) is 2.37. The summed E-state index contributed by atoms with van der Waals surface area (Å²) < 4.78 is 0. The molecule has 1 aromatic rings. The van der Waals surface area contributed by atoms with E-state index in [2.05, 4.69) is 29.7 Å². The van der Waals surface area contributed by atoms with E-state index in [1.165, 1.54) is 5.56 Å². The monoisotopic (exact) mass is 280 g/mol. The maximum absolute atomic E-state index is 11.9. The maximum Gasteiger partial charge on any atom is 0.230 e. The standard InChI is InChI=1S/C15H24N2OS/c1-5-15(2,3)17-14(18)11-19-13-8-6-7-12(9-13)10-16-4/h6-9,16H,5,10-11H2,1-4H3,(H,17,18). The van der Waals surface area contributed by atoms with E-state index in [0.717, 1.165) is 17.9 Å². The van der Waals surface area contributed by atoms with Crippen molar-refractivity contribution in [1.29, 1.82) is 0 Å². The summed E-state index contributed by atoms with van der Waals surface area (Å²) in [6.07, 6.45) is 0.932. The number of benzene rings is 1. The average molecular weight is 280 g/mol. The topological polar surface area (TPSA) is 41.1 Å². The van der Waals surface area contributed by atoms with E-state index >= 15 is 0 Å². The first-order valence-corrected chi connectivity index (χ1v) is 7.63. The Balaban J connectivity index is 2.48. The Labute approximate surface area is 120 Å². The van der Waals surface area contributed by atoms with Gasteiger partial charge in [-0.15, -0.1) is 11.8 Å². The molecule has 4 heteroatoms. The summed E-state index contributed by atoms with van der Waals surface area (Å²) in [7, 11) is 1.93. The quantitative estimate of drug-likeness (QED) is 0.755. The predicted octanol–water partition coefficient (Wildman–Crippen LogP) is 2.80. The van der Waals surface area contributed by atoms with E-state index in [-0.39, 0.29) is 11.4 Å². The lowest BCUT2D eigenvalue weighted by Gasteiger charge is -2.24. The van der Waals surface area contributed by atoms with Crippen molar-refractivity contribution < 1.29 is 4.79 Å². The highest BCUT2D eigenvalue weighted by Crippen LogP contribution is 2.19. The van der Waals surface area contributed by atoms with Crippen molar-refractivity contribution >= 4 is 17.7 Å². The second-order valence-electron chi connectivity index (χ2n) is 5.25. The molecule has 3 nitrogen and oxygen atoms in total. The van der Waals surface area contributed by atoms with Crippen LogP contribution in [-0.4, -0.2) is 24.2 Å². The summed E-state index contributed by atoms with van der Waals surface area (Å²) in [6.45, 7) is 7.02. The Kier molecular flexibility index (Phi) is 6.38. The van der Waals surface area contributed by atoms with Gasteiger partial charge in [-0.25, -0.2) is 0 Å². The lowest BCUT2D eigenvalue weighted by Crippen LogP contribution is -2.43. The van der Waals surface area contributed by atoms with Gasteiger partial charge in [0.05, 0.1) is 5.75 Å². The first-order valence-electron chi connectivity index (χ1n) is 6.64. The molecular formula is C15H24N2OS. The zero-order valence-electron chi connectivity index (χ0n) is 12.2. The fraction of sp³-hybridized carbons (Fsp3) is 0.533. The van der Waals surface area contributed by atoms with E-state index < -0.39 is 0 Å². The smallest absolute Gasteiger partial charge is 0.230 e. The highest BCUT2D eigenvalue weighted by Gasteiger charge is 2.17. The van der Waals surface area contributed by atoms with Gasteiger partial charge in [0.1, 0.15) is 0 Å². The van der Waals surface area contributed by atoms with Crippen molar-refractivity contribution in [1.82, 2.24) is 10.6 Å². The minimum absolute atomic E-state index is 0.0934. The number of hydrogen-bond donors (Lipinski definition) is 2. The summed E-state index contributed by atoms with van der Waals surface area (Å²) in [4.78, 5) is 13.0. The molecule has 0 aliphatic rings. The van der Waals surface area contributed by atoms with Gasteiger partial charge in [0.2, 0.25) is 5.91 Å². The minimum atomic E-state index is -0.119. The van der Waals surface area contributed by atoms with E-state index in [4.69, 9.17) is 0 Å². The number of hydrogen-bond acceptors (Lipinski definition) is 3. The van der Waals surface area contributed by atoms with Crippen molar-refractivity contribution in [3.8, 4) is 0 Å². The van der Waals surface area contributed by atoms with Crippen molar-refractivity contribution in [3.05, 3.63) is 29.8 Å². The molecule has 0 fully saturated rings. The third-order valence-corrected chi connectivity index (χ3v) is 4.00. The Bertz CT molecular complexity index is 418. The van der Waals surface area contributed by atoms with Gasteiger partial charge >= 0.3 is 0 Å². The molecule has 0 atom stereocenters. The zero-order valence-corrected chi connectivity index (χ0v) is 13.1. The van der Waals surface area contributed by atoms with Crippen LogP contribution in [-0.2, 0) is 11.3 Å². The lowest BCUT2D eigenvalue weighted by molar-refractivity contribution is -0.120. The van der Waals surface area contributed by atoms with Crippen molar-refractivity contribution in [2.75, 3.05) is 12.8 Å². The molecule has 1 rings (SSSR count). The Hall–Kier alpha value is -1.00. The van der Waals surface area contributed by atoms with E-state index in [0.29, 0.717) is 5.75 Å². The van der Waals surface area contributed by atoms with Gasteiger partial charge in [-0.3, -0.25) is 4.79 Å². The summed E-state index contributed by atoms with van der Waals surface area (Å²) in [5.41, 5.74) is 1.12. The van der Waals surface area contributed by atoms with Gasteiger partial charge in [0.15, 0.2) is 0 Å². The molecule has 0 unspecified atom stereocenters. The van der Waals surface area contributed by atoms with Crippen molar-refractivity contribution in [2.24, 2.45) is 0 Å². The zero-order chi connectivity index (χ0) is 14.3. The highest BCUT2D eigenvalue weighted by molar-refractivity contribution is 8.00. The van der Waals surface area contributed by atoms with Crippen LogP contribution < -0.4 is 10.6 Å². The molecule has 0 radical (unpaired) electrons. The van der Waals surface area contributed by atoms with Crippen LogP contribution in [0.3, 0.4) is 0 Å². The minimum Gasteiger partial charge on any atom is -0.351 e. The van der Waals surface area contributed by atoms with Gasteiger partial charge in [0.25, 0.3) is 0 Å². The molecular weight excluding hydrogens is 256 g/mol. The SMILES string of the molecule is CCC(C)(C)NC(=O)CSc1cccc(CNC)c1. The van der Waals surface area contributed by atoms with Crippen molar-refractivity contribution in [3.63, 3.8) is 0 Å². The maximum atomic E-state index is 11.9. The molecule has 19 heavy (non-hydrogen) atoms. The van der Waals surface area contributed by atoms with Crippen LogP contribution in [0.5, 0.6) is 0 Å². The number of amides is 1. The molecule has 0 aromatic heterocycles. The number of thioether (sulfide) groups is 1. The first kappa shape index (κ1) is 16.1. The van der Waals surface area contributed by atoms with Gasteiger partial charge in [-0.05, 0) is 45.0 Å². The van der Waals surface area contributed by atoms with Gasteiger partial charge in [0, 0.05) is 17.0 Å². The van der Waals surface area contributed by atoms with Crippen LogP contribution in [0.15, 0.2) is 29.2 Å². The first-order chi connectivity index (χ1) is 8.96. The Morgan fingerprint density at radius 3 is 2.74 bits per heavy atom. The fourth-order valence-electron chi connectivity index (χ4n) is 1.60. The third kappa shape index (κ3) is 6.12. The molecule has 0 heterocycles. The summed E-state index contributed by atoms with van der Waals surface area (Å²) in [6, 6.07) is 8.28. The molecule has 0 aliphatic heterocycles. The van der Waals surface area contributed by atoms with E-state index in [1.54, 1.807) is 11.8 Å². The lowest BCUT2D eigenvalue weighted by atomic mass is 10.0. The summed E-state index contributed by atoms with van der Waals surface area (Å²) in [5, 5.41) is 6.17. The molecule has 0 bridgehead atoms. The molecule has 1 aromatic carbocycles. The third-order valence-electron chi connectivity index (χ3n) is 3.01. The molecule has 1 amide bonds. The Morgan fingerprint density at radius 2 is 2.11 bits per heavy atom. The van der Waals surface area contributed by atoms with Crippen LogP contribution in [0.2, 0.25) is 0 Å². The molecule has 0 aliphatic carbocycles. The molecule has 106 valence electrons. The van der Waals surface area contributed by atoms with Crippen LogP contribution in [0.4, 0.5) is 0 Å². The Morgan fingerprint density at radius 1 is 1.37 bits per heavy atom. The normalized spacial score (nSPS) is 11.4. The number of rotatable bonds is 7. The molecule has 0 spiro atoms. The summed E-state index contributed by atoms with van der Waals surface area (Å²) >= 11 is 1.58. The van der Waals surface area contributed by atoms with Gasteiger partial charge < -0.3 is 10.6 Å². The second-order valence-corrected chi connectivity index (χ2v) is 6.30. The van der Waals surface area contributed by atoms with Gasteiger partial charge in [-0.1, -0.05) is 19.1 Å². The molecule has 0 saturated carbocycles. The van der Waals surface area contributed by atoms with E-state index in [1.807, 2.05) is 33.0 Å². The summed E-state index contributed by atoms with van der Waals surface area (Å²) in [5.74, 6) is 0.558. The highest BCUT2D eigenvalue weighted by atomic mass is 32.2. The van der Waals surface area contributed by atoms with Crippen LogP contribution in [0.1, 0.15) is 32.8 Å². The largest absolute Gasteiger partial charge is 0.351 e. The van der Waals surface area contributed by atoms with Crippen LogP contribution in [0.25, 0.3) is 0 Å². The number of carbonyl (C=O) groups excluding carboxylic acids is 1. The number of nitrogens with one attached hydrogen (secondary N) is 2.